The maximum atomic E-state index is 12.5. The van der Waals surface area contributed by atoms with Gasteiger partial charge >= 0.3 is 0 Å². The van der Waals surface area contributed by atoms with Crippen LogP contribution in [0, 0.1) is 0 Å². The first kappa shape index (κ1) is 19.2. The summed E-state index contributed by atoms with van der Waals surface area (Å²) in [4.78, 5) is 28.9. The number of fused-ring (bicyclic) bond motifs is 2. The topological polar surface area (TPSA) is 126 Å². The number of hydrogen-bond donors (Lipinski definition) is 2. The molecule has 29 heavy (non-hydrogen) atoms. The van der Waals surface area contributed by atoms with Gasteiger partial charge < -0.3 is 24.3 Å². The van der Waals surface area contributed by atoms with Crippen LogP contribution in [-0.2, 0) is 25.7 Å². The van der Waals surface area contributed by atoms with E-state index in [1.165, 1.54) is 4.68 Å². The minimum atomic E-state index is -0.776. The molecule has 2 aliphatic heterocycles. The van der Waals surface area contributed by atoms with Gasteiger partial charge in [0.05, 0.1) is 19.6 Å². The van der Waals surface area contributed by atoms with Crippen LogP contribution in [0.5, 0.6) is 11.5 Å². The van der Waals surface area contributed by atoms with E-state index in [9.17, 15) is 9.59 Å². The molecule has 1 aromatic carbocycles. The molecule has 0 fully saturated rings. The number of nitrogens with one attached hydrogen (secondary N) is 2. The third kappa shape index (κ3) is 4.30. The van der Waals surface area contributed by atoms with Crippen molar-refractivity contribution in [2.24, 2.45) is 0 Å². The van der Waals surface area contributed by atoms with Crippen LogP contribution >= 0.6 is 0 Å². The molecule has 0 aliphatic carbocycles. The van der Waals surface area contributed by atoms with E-state index in [1.807, 2.05) is 0 Å². The Balaban J connectivity index is 1.37. The summed E-state index contributed by atoms with van der Waals surface area (Å²) in [5.74, 6) is 1.28. The summed E-state index contributed by atoms with van der Waals surface area (Å²) < 4.78 is 22.7. The van der Waals surface area contributed by atoms with Gasteiger partial charge in [-0.1, -0.05) is 0 Å². The molecule has 0 bridgehead atoms. The van der Waals surface area contributed by atoms with Crippen molar-refractivity contribution in [2.45, 2.75) is 19.1 Å². The van der Waals surface area contributed by atoms with Crippen molar-refractivity contribution < 1.29 is 28.5 Å². The van der Waals surface area contributed by atoms with E-state index in [2.05, 4.69) is 20.7 Å². The number of carbonyl (C=O) groups is 2. The van der Waals surface area contributed by atoms with Crippen molar-refractivity contribution in [2.75, 3.05) is 44.2 Å². The number of ether oxygens (including phenoxy) is 4. The van der Waals surface area contributed by atoms with Crippen LogP contribution in [-0.4, -0.2) is 60.1 Å². The van der Waals surface area contributed by atoms with E-state index in [0.717, 1.165) is 0 Å². The summed E-state index contributed by atoms with van der Waals surface area (Å²) in [6, 6.07) is 4.37. The number of benzene rings is 1. The van der Waals surface area contributed by atoms with Gasteiger partial charge in [-0.3, -0.25) is 14.9 Å². The van der Waals surface area contributed by atoms with E-state index in [0.29, 0.717) is 55.4 Å². The lowest BCUT2D eigenvalue weighted by atomic mass is 10.2. The summed E-state index contributed by atoms with van der Waals surface area (Å²) in [6.07, 6.45) is -0.0827. The molecule has 11 nitrogen and oxygen atoms in total. The number of rotatable bonds is 8. The highest BCUT2D eigenvalue weighted by atomic mass is 16.6. The number of nitrogens with zero attached hydrogens (tertiary/aromatic N) is 3. The molecule has 154 valence electrons. The Hall–Kier alpha value is -3.18. The highest BCUT2D eigenvalue weighted by molar-refractivity contribution is 6.01. The number of amides is 2. The molecular formula is C18H21N5O6. The van der Waals surface area contributed by atoms with Crippen molar-refractivity contribution in [3.63, 3.8) is 0 Å². The van der Waals surface area contributed by atoms with Crippen LogP contribution in [0.15, 0.2) is 18.2 Å². The molecule has 0 unspecified atom stereocenters. The van der Waals surface area contributed by atoms with Gasteiger partial charge in [0.1, 0.15) is 25.9 Å². The zero-order chi connectivity index (χ0) is 20.2. The molecular weight excluding hydrogens is 382 g/mol. The molecule has 1 atom stereocenters. The van der Waals surface area contributed by atoms with Gasteiger partial charge in [0, 0.05) is 18.9 Å². The van der Waals surface area contributed by atoms with E-state index in [4.69, 9.17) is 18.9 Å². The monoisotopic (exact) mass is 403 g/mol. The molecule has 2 N–H and O–H groups in total. The van der Waals surface area contributed by atoms with Gasteiger partial charge in [-0.05, 0) is 12.1 Å². The molecule has 4 rings (SSSR count). The van der Waals surface area contributed by atoms with Gasteiger partial charge in [-0.25, -0.2) is 4.68 Å². The van der Waals surface area contributed by atoms with E-state index >= 15 is 0 Å². The first-order chi connectivity index (χ1) is 14.1. The normalized spacial score (nSPS) is 17.0. The number of methoxy groups -OCH3 is 1. The highest BCUT2D eigenvalue weighted by Crippen LogP contribution is 2.33. The molecule has 2 aliphatic rings. The lowest BCUT2D eigenvalue weighted by Gasteiger charge is -2.19. The van der Waals surface area contributed by atoms with E-state index in [-0.39, 0.29) is 24.8 Å². The van der Waals surface area contributed by atoms with Crippen molar-refractivity contribution in [3.05, 3.63) is 24.0 Å². The molecule has 11 heteroatoms. The second-order valence-electron chi connectivity index (χ2n) is 6.46. The zero-order valence-electron chi connectivity index (χ0n) is 15.8. The van der Waals surface area contributed by atoms with Gasteiger partial charge in [0.15, 0.2) is 17.3 Å². The number of hydrogen-bond acceptors (Lipinski definition) is 8. The summed E-state index contributed by atoms with van der Waals surface area (Å²) in [5, 5.41) is 9.68. The molecule has 0 spiro atoms. The Morgan fingerprint density at radius 2 is 2.14 bits per heavy atom. The van der Waals surface area contributed by atoms with Crippen molar-refractivity contribution in [1.82, 2.24) is 14.8 Å². The third-order valence-electron chi connectivity index (χ3n) is 4.38. The fraction of sp³-hybridized carbons (Fsp3) is 0.444. The molecule has 0 radical (unpaired) electrons. The maximum absolute atomic E-state index is 12.5. The molecule has 1 aromatic heterocycles. The Morgan fingerprint density at radius 3 is 2.97 bits per heavy atom. The molecule has 0 saturated carbocycles. The molecule has 0 saturated heterocycles. The number of anilines is 2. The summed E-state index contributed by atoms with van der Waals surface area (Å²) in [5.41, 5.74) is 0.559. The third-order valence-corrected chi connectivity index (χ3v) is 4.38. The molecule has 2 aromatic rings. The number of aromatic nitrogens is 3. The van der Waals surface area contributed by atoms with Gasteiger partial charge in [0.25, 0.3) is 5.91 Å². The molecule has 2 amide bonds. The fourth-order valence-corrected chi connectivity index (χ4v) is 3.03. The Labute approximate surface area is 166 Å². The van der Waals surface area contributed by atoms with E-state index in [1.54, 1.807) is 25.3 Å². The minimum absolute atomic E-state index is 0.0827. The largest absolute Gasteiger partial charge is 0.486 e. The lowest BCUT2D eigenvalue weighted by molar-refractivity contribution is -0.123. The second-order valence-corrected chi connectivity index (χ2v) is 6.46. The lowest BCUT2D eigenvalue weighted by Crippen LogP contribution is -2.24. The summed E-state index contributed by atoms with van der Waals surface area (Å²) in [7, 11) is 1.59. The van der Waals surface area contributed by atoms with E-state index < -0.39 is 6.04 Å². The minimum Gasteiger partial charge on any atom is -0.486 e. The Kier molecular flexibility index (Phi) is 5.58. The van der Waals surface area contributed by atoms with Crippen LogP contribution < -0.4 is 20.1 Å². The highest BCUT2D eigenvalue weighted by Gasteiger charge is 2.35. The van der Waals surface area contributed by atoms with Gasteiger partial charge in [-0.15, -0.1) is 0 Å². The first-order valence-electron chi connectivity index (χ1n) is 9.16. The molecule has 3 heterocycles. The predicted molar refractivity (Wildman–Crippen MR) is 99.9 cm³/mol. The summed E-state index contributed by atoms with van der Waals surface area (Å²) in [6.45, 7) is 2.02. The average Bonchev–Trinajstić information content (AvgIpc) is 3.23. The van der Waals surface area contributed by atoms with Crippen molar-refractivity contribution in [1.29, 1.82) is 0 Å². The van der Waals surface area contributed by atoms with Crippen LogP contribution in [0.4, 0.5) is 11.6 Å². The average molecular weight is 403 g/mol. The van der Waals surface area contributed by atoms with Crippen LogP contribution in [0.2, 0.25) is 0 Å². The summed E-state index contributed by atoms with van der Waals surface area (Å²) >= 11 is 0. The predicted octanol–water partition coefficient (Wildman–Crippen LogP) is 0.734. The zero-order valence-corrected chi connectivity index (χ0v) is 15.8. The maximum Gasteiger partial charge on any atom is 0.252 e. The second kappa shape index (κ2) is 8.45. The van der Waals surface area contributed by atoms with Crippen LogP contribution in [0.1, 0.15) is 18.3 Å². The van der Waals surface area contributed by atoms with Gasteiger partial charge in [0.2, 0.25) is 11.9 Å². The van der Waals surface area contributed by atoms with Crippen LogP contribution in [0.25, 0.3) is 0 Å². The smallest absolute Gasteiger partial charge is 0.252 e. The quantitative estimate of drug-likeness (QED) is 0.618. The van der Waals surface area contributed by atoms with Crippen molar-refractivity contribution >= 4 is 23.5 Å². The fourth-order valence-electron chi connectivity index (χ4n) is 3.03. The standard InChI is InChI=1S/C18H21N5O6/c1-26-4-5-27-10-15-20-18-21-17(25)12(23(18)22-15)9-16(24)19-11-2-3-13-14(8-11)29-7-6-28-13/h2-3,8,12H,4-7,9-10H2,1H3,(H,19,24)(H,20,21,22,25)/t12-/m0/s1. The Bertz CT molecular complexity index is 914. The van der Waals surface area contributed by atoms with Gasteiger partial charge in [-0.2, -0.15) is 10.1 Å². The first-order valence-corrected chi connectivity index (χ1v) is 9.16. The van der Waals surface area contributed by atoms with Crippen molar-refractivity contribution in [3.8, 4) is 11.5 Å². The van der Waals surface area contributed by atoms with Crippen LogP contribution in [0.3, 0.4) is 0 Å². The Morgan fingerprint density at radius 1 is 1.31 bits per heavy atom. The number of carbonyl (C=O) groups excluding carboxylic acids is 2. The SMILES string of the molecule is COCCOCc1nc2n(n1)[C@@H](CC(=O)Nc1ccc3c(c1)OCCO3)C(=O)N2.